The van der Waals surface area contributed by atoms with Crippen LogP contribution in [-0.2, 0) is 5.75 Å². The molecule has 2 N–H and O–H groups in total. The van der Waals surface area contributed by atoms with E-state index >= 15 is 0 Å². The minimum absolute atomic E-state index is 0.305. The molecule has 1 aliphatic heterocycles. The largest absolute Gasteiger partial charge is 0.508 e. The molecule has 0 radical (unpaired) electrons. The molecule has 0 saturated carbocycles. The number of anilines is 1. The van der Waals surface area contributed by atoms with E-state index in [0.29, 0.717) is 11.8 Å². The van der Waals surface area contributed by atoms with Crippen molar-refractivity contribution in [1.29, 1.82) is 0 Å². The summed E-state index contributed by atoms with van der Waals surface area (Å²) in [6, 6.07) is 16.2. The van der Waals surface area contributed by atoms with Gasteiger partial charge in [0.2, 0.25) is 0 Å². The van der Waals surface area contributed by atoms with Crippen LogP contribution in [0.15, 0.2) is 48.5 Å². The summed E-state index contributed by atoms with van der Waals surface area (Å²) in [5, 5.41) is 12.8. The van der Waals surface area contributed by atoms with Crippen molar-refractivity contribution < 1.29 is 5.11 Å². The predicted molar refractivity (Wildman–Crippen MR) is 77.1 cm³/mol. The van der Waals surface area contributed by atoms with Crippen LogP contribution in [0.2, 0.25) is 0 Å². The van der Waals surface area contributed by atoms with Crippen molar-refractivity contribution in [2.24, 2.45) is 0 Å². The first kappa shape index (κ1) is 11.5. The molecule has 0 fully saturated rings. The molecule has 0 amide bonds. The number of benzene rings is 2. The van der Waals surface area contributed by atoms with E-state index in [1.807, 2.05) is 23.9 Å². The van der Waals surface area contributed by atoms with Crippen LogP contribution in [0.1, 0.15) is 17.2 Å². The Bertz CT molecular complexity index is 538. The van der Waals surface area contributed by atoms with Crippen molar-refractivity contribution >= 4 is 17.4 Å². The molecule has 92 valence electrons. The smallest absolute Gasteiger partial charge is 0.115 e. The Balaban J connectivity index is 1.84. The highest BCUT2D eigenvalue weighted by atomic mass is 32.2. The number of hydrogen-bond acceptors (Lipinski definition) is 3. The third-order valence-electron chi connectivity index (χ3n) is 3.18. The average molecular weight is 257 g/mol. The lowest BCUT2D eigenvalue weighted by molar-refractivity contribution is 0.475. The molecule has 3 heteroatoms. The Kier molecular flexibility index (Phi) is 3.15. The molecule has 1 aliphatic rings. The fraction of sp³-hybridized carbons (Fsp3) is 0.200. The van der Waals surface area contributed by atoms with Crippen molar-refractivity contribution in [3.8, 4) is 5.75 Å². The minimum Gasteiger partial charge on any atom is -0.508 e. The monoisotopic (exact) mass is 257 g/mol. The quantitative estimate of drug-likeness (QED) is 0.803. The van der Waals surface area contributed by atoms with E-state index in [-0.39, 0.29) is 0 Å². The van der Waals surface area contributed by atoms with Crippen molar-refractivity contribution in [2.75, 3.05) is 11.1 Å². The Morgan fingerprint density at radius 3 is 2.67 bits per heavy atom. The summed E-state index contributed by atoms with van der Waals surface area (Å²) >= 11 is 1.96. The molecule has 0 saturated heterocycles. The zero-order valence-electron chi connectivity index (χ0n) is 9.97. The van der Waals surface area contributed by atoms with Crippen molar-refractivity contribution in [3.63, 3.8) is 0 Å². The molecule has 2 aromatic carbocycles. The van der Waals surface area contributed by atoms with Gasteiger partial charge in [0, 0.05) is 17.2 Å². The number of phenols is 1. The summed E-state index contributed by atoms with van der Waals surface area (Å²) in [6.45, 7) is 0. The van der Waals surface area contributed by atoms with Crippen molar-refractivity contribution in [1.82, 2.24) is 0 Å². The standard InChI is InChI=1S/C15H15NOS/c17-13-7-5-12(6-8-13)16-15-10-18-9-11-3-1-2-4-14(11)15/h1-8,15-17H,9-10H2. The van der Waals surface area contributed by atoms with E-state index in [2.05, 4.69) is 29.6 Å². The van der Waals surface area contributed by atoms with Crippen LogP contribution in [0.3, 0.4) is 0 Å². The first-order chi connectivity index (χ1) is 8.83. The van der Waals surface area contributed by atoms with Gasteiger partial charge in [-0.25, -0.2) is 0 Å². The van der Waals surface area contributed by atoms with E-state index in [1.165, 1.54) is 11.1 Å². The fourth-order valence-corrected chi connectivity index (χ4v) is 3.36. The minimum atomic E-state index is 0.305. The van der Waals surface area contributed by atoms with Gasteiger partial charge < -0.3 is 10.4 Å². The summed E-state index contributed by atoms with van der Waals surface area (Å²) in [6.07, 6.45) is 0. The molecular formula is C15H15NOS. The van der Waals surface area contributed by atoms with Crippen molar-refractivity contribution in [2.45, 2.75) is 11.8 Å². The number of fused-ring (bicyclic) bond motifs is 1. The summed E-state index contributed by atoms with van der Waals surface area (Å²) in [5.41, 5.74) is 3.87. The molecule has 1 heterocycles. The molecule has 2 aromatic rings. The van der Waals surface area contributed by atoms with Gasteiger partial charge in [-0.2, -0.15) is 11.8 Å². The number of aromatic hydroxyl groups is 1. The molecule has 18 heavy (non-hydrogen) atoms. The van der Waals surface area contributed by atoms with E-state index < -0.39 is 0 Å². The Labute approximate surface area is 111 Å². The second kappa shape index (κ2) is 4.94. The number of nitrogens with one attached hydrogen (secondary N) is 1. The summed E-state index contributed by atoms with van der Waals surface area (Å²) in [7, 11) is 0. The Hall–Kier alpha value is -1.61. The van der Waals surface area contributed by atoms with Gasteiger partial charge in [-0.15, -0.1) is 0 Å². The van der Waals surface area contributed by atoms with Crippen LogP contribution in [0, 0.1) is 0 Å². The zero-order valence-corrected chi connectivity index (χ0v) is 10.8. The van der Waals surface area contributed by atoms with Gasteiger partial charge in [0.1, 0.15) is 5.75 Å². The molecule has 0 spiro atoms. The normalized spacial score (nSPS) is 18.1. The van der Waals surface area contributed by atoms with E-state index in [0.717, 1.165) is 17.2 Å². The molecule has 1 atom stereocenters. The molecule has 1 unspecified atom stereocenters. The summed E-state index contributed by atoms with van der Waals surface area (Å²) in [5.74, 6) is 2.49. The average Bonchev–Trinajstić information content (AvgIpc) is 2.42. The van der Waals surface area contributed by atoms with Gasteiger partial charge in [-0.3, -0.25) is 0 Å². The number of phenolic OH excluding ortho intramolecular Hbond substituents is 1. The first-order valence-electron chi connectivity index (χ1n) is 6.04. The topological polar surface area (TPSA) is 32.3 Å². The maximum atomic E-state index is 9.29. The zero-order chi connectivity index (χ0) is 12.4. The molecule has 3 rings (SSSR count). The van der Waals surface area contributed by atoms with E-state index in [4.69, 9.17) is 0 Å². The third kappa shape index (κ3) is 2.31. The van der Waals surface area contributed by atoms with Gasteiger partial charge >= 0.3 is 0 Å². The van der Waals surface area contributed by atoms with Gasteiger partial charge in [0.15, 0.2) is 0 Å². The second-order valence-electron chi connectivity index (χ2n) is 4.46. The molecular weight excluding hydrogens is 242 g/mol. The van der Waals surface area contributed by atoms with Crippen LogP contribution >= 0.6 is 11.8 Å². The lowest BCUT2D eigenvalue weighted by Crippen LogP contribution is -2.18. The lowest BCUT2D eigenvalue weighted by Gasteiger charge is -2.26. The molecule has 0 bridgehead atoms. The highest BCUT2D eigenvalue weighted by Crippen LogP contribution is 2.33. The fourth-order valence-electron chi connectivity index (χ4n) is 2.26. The molecule has 0 aromatic heterocycles. The number of rotatable bonds is 2. The summed E-state index contributed by atoms with van der Waals surface area (Å²) < 4.78 is 0. The van der Waals surface area contributed by atoms with Gasteiger partial charge in [0.05, 0.1) is 6.04 Å². The summed E-state index contributed by atoms with van der Waals surface area (Å²) in [4.78, 5) is 0. The highest BCUT2D eigenvalue weighted by Gasteiger charge is 2.19. The lowest BCUT2D eigenvalue weighted by atomic mass is 10.0. The highest BCUT2D eigenvalue weighted by molar-refractivity contribution is 7.98. The third-order valence-corrected chi connectivity index (χ3v) is 4.26. The van der Waals surface area contributed by atoms with Gasteiger partial charge in [0.25, 0.3) is 0 Å². The Morgan fingerprint density at radius 2 is 1.83 bits per heavy atom. The predicted octanol–water partition coefficient (Wildman–Crippen LogP) is 3.79. The first-order valence-corrected chi connectivity index (χ1v) is 7.19. The second-order valence-corrected chi connectivity index (χ2v) is 5.49. The molecule has 0 aliphatic carbocycles. The van der Waals surface area contributed by atoms with E-state index in [1.54, 1.807) is 12.1 Å². The maximum absolute atomic E-state index is 9.29. The maximum Gasteiger partial charge on any atom is 0.115 e. The van der Waals surface area contributed by atoms with Gasteiger partial charge in [-0.1, -0.05) is 24.3 Å². The van der Waals surface area contributed by atoms with Crippen LogP contribution in [0.5, 0.6) is 5.75 Å². The van der Waals surface area contributed by atoms with E-state index in [9.17, 15) is 5.11 Å². The van der Waals surface area contributed by atoms with Crippen LogP contribution in [0.4, 0.5) is 5.69 Å². The number of hydrogen-bond donors (Lipinski definition) is 2. The number of thioether (sulfide) groups is 1. The van der Waals surface area contributed by atoms with Crippen LogP contribution in [-0.4, -0.2) is 10.9 Å². The van der Waals surface area contributed by atoms with Gasteiger partial charge in [-0.05, 0) is 35.4 Å². The SMILES string of the molecule is Oc1ccc(NC2CSCc3ccccc32)cc1. The molecule has 2 nitrogen and oxygen atoms in total. The van der Waals surface area contributed by atoms with Crippen molar-refractivity contribution in [3.05, 3.63) is 59.7 Å². The van der Waals surface area contributed by atoms with Crippen LogP contribution < -0.4 is 5.32 Å². The Morgan fingerprint density at radius 1 is 1.06 bits per heavy atom. The van der Waals surface area contributed by atoms with Crippen LogP contribution in [0.25, 0.3) is 0 Å².